The third-order valence-corrected chi connectivity index (χ3v) is 3.90. The van der Waals surface area contributed by atoms with Gasteiger partial charge in [0.2, 0.25) is 0 Å². The van der Waals surface area contributed by atoms with E-state index < -0.39 is 0 Å². The fourth-order valence-electron chi connectivity index (χ4n) is 2.57. The third-order valence-electron chi connectivity index (χ3n) is 3.90. The highest BCUT2D eigenvalue weighted by molar-refractivity contribution is 14.0. The summed E-state index contributed by atoms with van der Waals surface area (Å²) in [6.07, 6.45) is 3.70. The monoisotopic (exact) mass is 465 g/mol. The molecule has 2 heterocycles. The molecule has 3 aromatic rings. The molecule has 1 unspecified atom stereocenters. The lowest BCUT2D eigenvalue weighted by molar-refractivity contribution is 0.441. The van der Waals surface area contributed by atoms with E-state index in [1.165, 1.54) is 0 Å². The number of hydrogen-bond acceptors (Lipinski definition) is 3. The molecule has 0 saturated carbocycles. The number of aryl methyl sites for hydroxylation is 1. The van der Waals surface area contributed by atoms with Crippen molar-refractivity contribution in [3.63, 3.8) is 0 Å². The molecule has 0 aliphatic rings. The predicted molar refractivity (Wildman–Crippen MR) is 114 cm³/mol. The number of halogens is 1. The Bertz CT molecular complexity index is 841. The molecule has 1 atom stereocenters. The Kier molecular flexibility index (Phi) is 7.26. The van der Waals surface area contributed by atoms with E-state index in [4.69, 9.17) is 4.42 Å². The number of aliphatic imine (C=N–C) groups is 1. The Morgan fingerprint density at radius 1 is 1.27 bits per heavy atom. The minimum Gasteiger partial charge on any atom is -0.464 e. The number of hydrogen-bond donors (Lipinski definition) is 2. The Morgan fingerprint density at radius 2 is 2.12 bits per heavy atom. The molecule has 0 radical (unpaired) electrons. The van der Waals surface area contributed by atoms with Gasteiger partial charge in [0.25, 0.3) is 0 Å². The molecule has 138 valence electrons. The van der Waals surface area contributed by atoms with Gasteiger partial charge in [0.1, 0.15) is 11.5 Å². The van der Waals surface area contributed by atoms with E-state index >= 15 is 0 Å². The number of rotatable bonds is 5. The van der Waals surface area contributed by atoms with Gasteiger partial charge in [-0.15, -0.1) is 24.0 Å². The normalized spacial score (nSPS) is 12.3. The number of furan rings is 1. The standard InChI is InChI=1S/C19H23N5O.HI/c1-14-8-9-18(25-14)15(2)23-19(20-3)21-13-16-6-4-7-17(12-16)24-11-5-10-22-24;/h4-12,15H,13H2,1-3H3,(H2,20,21,23);1H. The molecule has 1 aromatic carbocycles. The molecule has 0 aliphatic heterocycles. The molecule has 0 bridgehead atoms. The summed E-state index contributed by atoms with van der Waals surface area (Å²) in [6.45, 7) is 4.65. The van der Waals surface area contributed by atoms with Crippen LogP contribution in [0, 0.1) is 6.92 Å². The first-order valence-electron chi connectivity index (χ1n) is 8.28. The number of benzene rings is 1. The number of nitrogens with one attached hydrogen (secondary N) is 2. The molecule has 0 spiro atoms. The topological polar surface area (TPSA) is 67.4 Å². The van der Waals surface area contributed by atoms with Crippen molar-refractivity contribution in [3.05, 3.63) is 71.9 Å². The summed E-state index contributed by atoms with van der Waals surface area (Å²) in [7, 11) is 1.76. The number of aromatic nitrogens is 2. The zero-order valence-electron chi connectivity index (χ0n) is 15.1. The Morgan fingerprint density at radius 3 is 2.77 bits per heavy atom. The SMILES string of the molecule is CN=C(NCc1cccc(-n2cccn2)c1)NC(C)c1ccc(C)o1.I. The zero-order valence-corrected chi connectivity index (χ0v) is 17.5. The van der Waals surface area contributed by atoms with Crippen LogP contribution >= 0.6 is 24.0 Å². The third kappa shape index (κ3) is 5.10. The zero-order chi connectivity index (χ0) is 17.6. The van der Waals surface area contributed by atoms with E-state index in [1.54, 1.807) is 13.2 Å². The molecule has 26 heavy (non-hydrogen) atoms. The molecule has 2 N–H and O–H groups in total. The predicted octanol–water partition coefficient (Wildman–Crippen LogP) is 3.82. The van der Waals surface area contributed by atoms with Gasteiger partial charge in [-0.1, -0.05) is 12.1 Å². The van der Waals surface area contributed by atoms with Crippen LogP contribution in [0.1, 0.15) is 30.0 Å². The molecule has 2 aromatic heterocycles. The van der Waals surface area contributed by atoms with Gasteiger partial charge >= 0.3 is 0 Å². The van der Waals surface area contributed by atoms with Crippen molar-refractivity contribution < 1.29 is 4.42 Å². The van der Waals surface area contributed by atoms with Crippen LogP contribution in [0.25, 0.3) is 5.69 Å². The Hall–Kier alpha value is -2.29. The first kappa shape index (κ1) is 20.0. The fraction of sp³-hybridized carbons (Fsp3) is 0.263. The van der Waals surface area contributed by atoms with Crippen molar-refractivity contribution in [2.45, 2.75) is 26.4 Å². The second-order valence-electron chi connectivity index (χ2n) is 5.86. The molecule has 6 nitrogen and oxygen atoms in total. The first-order valence-corrected chi connectivity index (χ1v) is 8.28. The second-order valence-corrected chi connectivity index (χ2v) is 5.86. The maximum atomic E-state index is 5.66. The lowest BCUT2D eigenvalue weighted by atomic mass is 10.2. The number of nitrogens with zero attached hydrogens (tertiary/aromatic N) is 3. The summed E-state index contributed by atoms with van der Waals surface area (Å²) in [4.78, 5) is 4.28. The number of guanidine groups is 1. The highest BCUT2D eigenvalue weighted by atomic mass is 127. The average molecular weight is 465 g/mol. The van der Waals surface area contributed by atoms with Crippen LogP contribution in [0.3, 0.4) is 0 Å². The van der Waals surface area contributed by atoms with Crippen LogP contribution in [0.2, 0.25) is 0 Å². The van der Waals surface area contributed by atoms with Crippen molar-refractivity contribution in [2.24, 2.45) is 4.99 Å². The average Bonchev–Trinajstić information content (AvgIpc) is 3.30. The molecule has 0 amide bonds. The summed E-state index contributed by atoms with van der Waals surface area (Å²) in [5.41, 5.74) is 2.18. The van der Waals surface area contributed by atoms with E-state index in [2.05, 4.69) is 32.9 Å². The lowest BCUT2D eigenvalue weighted by Crippen LogP contribution is -2.38. The maximum Gasteiger partial charge on any atom is 0.191 e. The molecule has 0 fully saturated rings. The van der Waals surface area contributed by atoms with E-state index in [0.29, 0.717) is 6.54 Å². The van der Waals surface area contributed by atoms with Crippen LogP contribution in [-0.4, -0.2) is 22.8 Å². The summed E-state index contributed by atoms with van der Waals surface area (Å²) in [5, 5.41) is 10.9. The molecular weight excluding hydrogens is 441 g/mol. The van der Waals surface area contributed by atoms with Gasteiger partial charge < -0.3 is 15.1 Å². The van der Waals surface area contributed by atoms with Crippen molar-refractivity contribution >= 4 is 29.9 Å². The van der Waals surface area contributed by atoms with Gasteiger partial charge in [-0.25, -0.2) is 4.68 Å². The van der Waals surface area contributed by atoms with Crippen LogP contribution < -0.4 is 10.6 Å². The first-order chi connectivity index (χ1) is 12.2. The van der Waals surface area contributed by atoms with E-state index in [-0.39, 0.29) is 30.0 Å². The van der Waals surface area contributed by atoms with Crippen molar-refractivity contribution in [1.29, 1.82) is 0 Å². The highest BCUT2D eigenvalue weighted by Gasteiger charge is 2.11. The van der Waals surface area contributed by atoms with Gasteiger partial charge in [-0.2, -0.15) is 5.10 Å². The molecule has 0 saturated heterocycles. The fourth-order valence-corrected chi connectivity index (χ4v) is 2.57. The molecule has 3 rings (SSSR count). The van der Waals surface area contributed by atoms with Crippen LogP contribution in [0.15, 0.2) is 64.3 Å². The van der Waals surface area contributed by atoms with Gasteiger partial charge in [0, 0.05) is 26.0 Å². The van der Waals surface area contributed by atoms with Crippen molar-refractivity contribution in [3.8, 4) is 5.69 Å². The Labute approximate surface area is 170 Å². The molecular formula is C19H24IN5O. The summed E-state index contributed by atoms with van der Waals surface area (Å²) < 4.78 is 7.50. The van der Waals surface area contributed by atoms with Crippen LogP contribution in [0.5, 0.6) is 0 Å². The highest BCUT2D eigenvalue weighted by Crippen LogP contribution is 2.15. The second kappa shape index (κ2) is 9.42. The van der Waals surface area contributed by atoms with E-state index in [0.717, 1.165) is 28.7 Å². The van der Waals surface area contributed by atoms with E-state index in [9.17, 15) is 0 Å². The van der Waals surface area contributed by atoms with Gasteiger partial charge in [0.05, 0.1) is 11.7 Å². The summed E-state index contributed by atoms with van der Waals surface area (Å²) >= 11 is 0. The van der Waals surface area contributed by atoms with Crippen LogP contribution in [0.4, 0.5) is 0 Å². The molecule has 7 heteroatoms. The summed E-state index contributed by atoms with van der Waals surface area (Å²) in [6, 6.07) is 14.1. The van der Waals surface area contributed by atoms with Crippen molar-refractivity contribution in [2.75, 3.05) is 7.05 Å². The van der Waals surface area contributed by atoms with Gasteiger partial charge in [0.15, 0.2) is 5.96 Å². The smallest absolute Gasteiger partial charge is 0.191 e. The van der Waals surface area contributed by atoms with Crippen LogP contribution in [-0.2, 0) is 6.54 Å². The van der Waals surface area contributed by atoms with E-state index in [1.807, 2.05) is 55.1 Å². The minimum atomic E-state index is 0. The largest absolute Gasteiger partial charge is 0.464 e. The minimum absolute atomic E-state index is 0. The molecule has 0 aliphatic carbocycles. The summed E-state index contributed by atoms with van der Waals surface area (Å²) in [5.74, 6) is 2.52. The Balaban J connectivity index is 0.00000243. The quantitative estimate of drug-likeness (QED) is 0.342. The maximum absolute atomic E-state index is 5.66. The van der Waals surface area contributed by atoms with Gasteiger partial charge in [-0.3, -0.25) is 4.99 Å². The van der Waals surface area contributed by atoms with Gasteiger partial charge in [-0.05, 0) is 49.7 Å². The van der Waals surface area contributed by atoms with Crippen molar-refractivity contribution in [1.82, 2.24) is 20.4 Å². The lowest BCUT2D eigenvalue weighted by Gasteiger charge is -2.16.